The van der Waals surface area contributed by atoms with Crippen LogP contribution >= 0.6 is 0 Å². The lowest BCUT2D eigenvalue weighted by molar-refractivity contribution is -0.137. The molecule has 0 spiro atoms. The highest BCUT2D eigenvalue weighted by molar-refractivity contribution is 5.70. The molecule has 0 aliphatic heterocycles. The van der Waals surface area contributed by atoms with Gasteiger partial charge in [-0.05, 0) is 29.8 Å². The van der Waals surface area contributed by atoms with E-state index in [4.69, 9.17) is 5.26 Å². The van der Waals surface area contributed by atoms with Crippen molar-refractivity contribution in [2.75, 3.05) is 0 Å². The minimum Gasteiger partial charge on any atom is -0.192 e. The van der Waals surface area contributed by atoms with Crippen LogP contribution < -0.4 is 0 Å². The summed E-state index contributed by atoms with van der Waals surface area (Å²) in [4.78, 5) is 0. The van der Waals surface area contributed by atoms with Crippen LogP contribution in [0, 0.1) is 17.4 Å². The van der Waals surface area contributed by atoms with Crippen molar-refractivity contribution in [3.63, 3.8) is 0 Å². The van der Waals surface area contributed by atoms with E-state index in [9.17, 15) is 13.2 Å². The number of alkyl halides is 3. The van der Waals surface area contributed by atoms with E-state index < -0.39 is 11.7 Å². The maximum absolute atomic E-state index is 12.6. The summed E-state index contributed by atoms with van der Waals surface area (Å²) in [5, 5.41) is 8.92. The van der Waals surface area contributed by atoms with Crippen molar-refractivity contribution in [3.8, 4) is 17.2 Å². The third-order valence-electron chi connectivity index (χ3n) is 2.46. The number of nitriles is 1. The summed E-state index contributed by atoms with van der Waals surface area (Å²) in [6, 6.07) is 14.3. The maximum atomic E-state index is 12.6. The molecule has 0 fully saturated rings. The molecular weight excluding hydrogens is 239 g/mol. The van der Waals surface area contributed by atoms with E-state index in [1.807, 2.05) is 6.07 Å². The van der Waals surface area contributed by atoms with Gasteiger partial charge in [0.1, 0.15) is 0 Å². The van der Waals surface area contributed by atoms with Crippen LogP contribution in [0.2, 0.25) is 0 Å². The molecule has 2 rings (SSSR count). The predicted octanol–water partition coefficient (Wildman–Crippen LogP) is 4.04. The first-order valence-corrected chi connectivity index (χ1v) is 5.11. The number of benzene rings is 2. The van der Waals surface area contributed by atoms with Gasteiger partial charge in [0.2, 0.25) is 0 Å². The highest BCUT2D eigenvalue weighted by Gasteiger charge is 2.30. The van der Waals surface area contributed by atoms with Gasteiger partial charge in [0, 0.05) is 5.56 Å². The highest BCUT2D eigenvalue weighted by atomic mass is 19.4. The van der Waals surface area contributed by atoms with Crippen LogP contribution in [0.15, 0.2) is 42.5 Å². The Hall–Kier alpha value is -2.28. The van der Waals surface area contributed by atoms with E-state index in [-0.39, 0.29) is 0 Å². The lowest BCUT2D eigenvalue weighted by Gasteiger charge is -2.09. The van der Waals surface area contributed by atoms with Gasteiger partial charge in [-0.15, -0.1) is 0 Å². The van der Waals surface area contributed by atoms with Gasteiger partial charge >= 0.3 is 6.18 Å². The second kappa shape index (κ2) is 4.53. The zero-order valence-corrected chi connectivity index (χ0v) is 9.12. The molecule has 0 saturated heterocycles. The second-order valence-electron chi connectivity index (χ2n) is 3.65. The average molecular weight is 246 g/mol. The van der Waals surface area contributed by atoms with Crippen LogP contribution in [0.25, 0.3) is 11.1 Å². The Morgan fingerprint density at radius 1 is 1.11 bits per heavy atom. The van der Waals surface area contributed by atoms with Gasteiger partial charge < -0.3 is 0 Å². The normalized spacial score (nSPS) is 11.0. The summed E-state index contributed by atoms with van der Waals surface area (Å²) in [5.74, 6) is 0. The number of halogens is 3. The van der Waals surface area contributed by atoms with Gasteiger partial charge in [-0.1, -0.05) is 24.3 Å². The van der Waals surface area contributed by atoms with Crippen molar-refractivity contribution in [2.45, 2.75) is 6.18 Å². The lowest BCUT2D eigenvalue weighted by atomic mass is 9.99. The van der Waals surface area contributed by atoms with Crippen LogP contribution in [-0.4, -0.2) is 0 Å². The van der Waals surface area contributed by atoms with Crippen molar-refractivity contribution < 1.29 is 13.2 Å². The Balaban J connectivity index is 2.56. The Labute approximate surface area is 102 Å². The van der Waals surface area contributed by atoms with E-state index in [1.54, 1.807) is 18.2 Å². The van der Waals surface area contributed by atoms with Crippen molar-refractivity contribution in [2.24, 2.45) is 0 Å². The molecule has 0 heterocycles. The minimum atomic E-state index is -4.39. The monoisotopic (exact) mass is 246 g/mol. The maximum Gasteiger partial charge on any atom is 0.416 e. The number of rotatable bonds is 1. The van der Waals surface area contributed by atoms with Gasteiger partial charge in [-0.2, -0.15) is 18.4 Å². The van der Waals surface area contributed by atoms with Crippen LogP contribution in [-0.2, 0) is 6.18 Å². The summed E-state index contributed by atoms with van der Waals surface area (Å²) in [6.07, 6.45) is -4.39. The largest absolute Gasteiger partial charge is 0.416 e. The van der Waals surface area contributed by atoms with E-state index in [2.05, 4.69) is 6.07 Å². The number of hydrogen-bond donors (Lipinski definition) is 0. The molecular formula is C14H7F3N. The molecule has 0 unspecified atom stereocenters. The topological polar surface area (TPSA) is 23.8 Å². The lowest BCUT2D eigenvalue weighted by Crippen LogP contribution is -2.04. The SMILES string of the molecule is N#Cc1ccc[c]c1-c1cccc(C(F)(F)F)c1. The Morgan fingerprint density at radius 3 is 2.56 bits per heavy atom. The molecule has 18 heavy (non-hydrogen) atoms. The van der Waals surface area contributed by atoms with Gasteiger partial charge in [0.15, 0.2) is 0 Å². The highest BCUT2D eigenvalue weighted by Crippen LogP contribution is 2.32. The molecule has 4 heteroatoms. The van der Waals surface area contributed by atoms with E-state index in [0.717, 1.165) is 12.1 Å². The Morgan fingerprint density at radius 2 is 1.89 bits per heavy atom. The molecule has 2 aromatic carbocycles. The zero-order valence-electron chi connectivity index (χ0n) is 9.12. The van der Waals surface area contributed by atoms with Crippen molar-refractivity contribution in [3.05, 3.63) is 59.7 Å². The number of nitrogens with zero attached hydrogens (tertiary/aromatic N) is 1. The first-order chi connectivity index (χ1) is 8.52. The standard InChI is InChI=1S/C14H7F3N/c15-14(16,17)12-6-3-5-10(8-12)13-7-2-1-4-11(13)9-18/h1-6,8H. The first-order valence-electron chi connectivity index (χ1n) is 5.11. The molecule has 1 nitrogen and oxygen atoms in total. The molecule has 0 amide bonds. The molecule has 0 atom stereocenters. The van der Waals surface area contributed by atoms with Crippen molar-refractivity contribution in [1.29, 1.82) is 5.26 Å². The fraction of sp³-hybridized carbons (Fsp3) is 0.0714. The van der Waals surface area contributed by atoms with E-state index in [1.165, 1.54) is 12.1 Å². The van der Waals surface area contributed by atoms with Gasteiger partial charge in [-0.25, -0.2) is 0 Å². The molecule has 0 bridgehead atoms. The fourth-order valence-electron chi connectivity index (χ4n) is 1.62. The molecule has 2 aromatic rings. The fourth-order valence-corrected chi connectivity index (χ4v) is 1.62. The molecule has 0 saturated carbocycles. The third kappa shape index (κ3) is 2.35. The van der Waals surface area contributed by atoms with Gasteiger partial charge in [0.05, 0.1) is 17.2 Å². The van der Waals surface area contributed by atoms with Crippen LogP contribution in [0.5, 0.6) is 0 Å². The van der Waals surface area contributed by atoms with E-state index >= 15 is 0 Å². The molecule has 0 aliphatic carbocycles. The summed E-state index contributed by atoms with van der Waals surface area (Å²) in [6.45, 7) is 0. The first kappa shape index (κ1) is 12.2. The zero-order chi connectivity index (χ0) is 13.2. The summed E-state index contributed by atoms with van der Waals surface area (Å²) >= 11 is 0. The Kier molecular flexibility index (Phi) is 3.07. The summed E-state index contributed by atoms with van der Waals surface area (Å²) < 4.78 is 37.8. The Bertz CT molecular complexity index is 609. The van der Waals surface area contributed by atoms with Gasteiger partial charge in [-0.3, -0.25) is 0 Å². The molecule has 1 radical (unpaired) electrons. The van der Waals surface area contributed by atoms with Crippen LogP contribution in [0.4, 0.5) is 13.2 Å². The second-order valence-corrected chi connectivity index (χ2v) is 3.65. The predicted molar refractivity (Wildman–Crippen MR) is 60.4 cm³/mol. The quantitative estimate of drug-likeness (QED) is 0.744. The summed E-state index contributed by atoms with van der Waals surface area (Å²) in [5.41, 5.74) is 0.283. The van der Waals surface area contributed by atoms with Crippen molar-refractivity contribution in [1.82, 2.24) is 0 Å². The third-order valence-corrected chi connectivity index (χ3v) is 2.46. The molecule has 0 aromatic heterocycles. The van der Waals surface area contributed by atoms with Crippen LogP contribution in [0.1, 0.15) is 11.1 Å². The van der Waals surface area contributed by atoms with Gasteiger partial charge in [0.25, 0.3) is 0 Å². The molecule has 0 aliphatic rings. The smallest absolute Gasteiger partial charge is 0.192 e. The van der Waals surface area contributed by atoms with E-state index in [0.29, 0.717) is 16.7 Å². The number of hydrogen-bond acceptors (Lipinski definition) is 1. The molecule has 89 valence electrons. The summed E-state index contributed by atoms with van der Waals surface area (Å²) in [7, 11) is 0. The average Bonchev–Trinajstić information content (AvgIpc) is 2.38. The van der Waals surface area contributed by atoms with Crippen molar-refractivity contribution >= 4 is 0 Å². The minimum absolute atomic E-state index is 0.303. The molecule has 0 N–H and O–H groups in total. The van der Waals surface area contributed by atoms with Crippen LogP contribution in [0.3, 0.4) is 0 Å².